The van der Waals surface area contributed by atoms with Crippen molar-refractivity contribution in [2.45, 2.75) is 32.4 Å². The molecule has 0 radical (unpaired) electrons. The number of carboxylic acid groups (broad SMARTS) is 1. The normalized spacial score (nSPS) is 23.8. The fourth-order valence-electron chi connectivity index (χ4n) is 2.82. The van der Waals surface area contributed by atoms with E-state index in [0.29, 0.717) is 12.1 Å². The van der Waals surface area contributed by atoms with E-state index in [1.807, 2.05) is 30.0 Å². The summed E-state index contributed by atoms with van der Waals surface area (Å²) in [6.45, 7) is 3.39. The van der Waals surface area contributed by atoms with E-state index in [2.05, 4.69) is 6.07 Å². The molecule has 1 N–H and O–H groups in total. The number of hydrogen-bond acceptors (Lipinski definition) is 3. The van der Waals surface area contributed by atoms with Gasteiger partial charge in [0.05, 0.1) is 11.6 Å². The number of nitrogens with zero attached hydrogens (tertiary/aromatic N) is 2. The molecule has 19 heavy (non-hydrogen) atoms. The minimum Gasteiger partial charge on any atom is -0.480 e. The largest absolute Gasteiger partial charge is 0.480 e. The molecule has 4 heteroatoms. The molecule has 0 amide bonds. The fraction of sp³-hybridized carbons (Fsp3) is 0.467. The first-order chi connectivity index (χ1) is 9.11. The molecule has 1 heterocycles. The van der Waals surface area contributed by atoms with E-state index in [1.54, 1.807) is 6.07 Å². The minimum atomic E-state index is -0.747. The first kappa shape index (κ1) is 13.6. The van der Waals surface area contributed by atoms with Gasteiger partial charge in [-0.2, -0.15) is 5.26 Å². The molecule has 2 rings (SSSR count). The number of likely N-dealkylation sites (tertiary alicyclic amines) is 1. The number of aliphatic carboxylic acids is 1. The lowest BCUT2D eigenvalue weighted by molar-refractivity contribution is -0.147. The standard InChI is InChI=1S/C15H18N2O2/c1-11-4-3-7-17(14(11)15(18)19)10-13-6-2-5-12(8-13)9-16/h2,5-6,8,11,14H,3-4,7,10H2,1H3,(H,18,19). The van der Waals surface area contributed by atoms with Crippen LogP contribution in [0.1, 0.15) is 30.9 Å². The monoisotopic (exact) mass is 258 g/mol. The van der Waals surface area contributed by atoms with Crippen LogP contribution in [-0.4, -0.2) is 28.6 Å². The second kappa shape index (κ2) is 5.85. The molecule has 1 aromatic carbocycles. The van der Waals surface area contributed by atoms with Crippen molar-refractivity contribution in [3.05, 3.63) is 35.4 Å². The summed E-state index contributed by atoms with van der Waals surface area (Å²) in [6.07, 6.45) is 1.99. The van der Waals surface area contributed by atoms with Crippen LogP contribution >= 0.6 is 0 Å². The zero-order chi connectivity index (χ0) is 13.8. The molecule has 0 aliphatic carbocycles. The predicted octanol–water partition coefficient (Wildman–Crippen LogP) is 2.24. The summed E-state index contributed by atoms with van der Waals surface area (Å²) in [6, 6.07) is 9.08. The second-order valence-electron chi connectivity index (χ2n) is 5.19. The van der Waals surface area contributed by atoms with E-state index in [4.69, 9.17) is 5.26 Å². The predicted molar refractivity (Wildman–Crippen MR) is 71.4 cm³/mol. The van der Waals surface area contributed by atoms with E-state index in [-0.39, 0.29) is 5.92 Å². The highest BCUT2D eigenvalue weighted by atomic mass is 16.4. The Balaban J connectivity index is 2.16. The number of piperidine rings is 1. The van der Waals surface area contributed by atoms with Gasteiger partial charge in [0.25, 0.3) is 0 Å². The van der Waals surface area contributed by atoms with Gasteiger partial charge in [0, 0.05) is 6.54 Å². The van der Waals surface area contributed by atoms with Gasteiger partial charge >= 0.3 is 5.97 Å². The van der Waals surface area contributed by atoms with Crippen molar-refractivity contribution in [3.8, 4) is 6.07 Å². The smallest absolute Gasteiger partial charge is 0.321 e. The van der Waals surface area contributed by atoms with Crippen molar-refractivity contribution in [1.82, 2.24) is 4.90 Å². The van der Waals surface area contributed by atoms with E-state index in [1.165, 1.54) is 0 Å². The van der Waals surface area contributed by atoms with Gasteiger partial charge in [-0.3, -0.25) is 9.69 Å². The minimum absolute atomic E-state index is 0.172. The van der Waals surface area contributed by atoms with Crippen LogP contribution in [0.15, 0.2) is 24.3 Å². The molecular weight excluding hydrogens is 240 g/mol. The topological polar surface area (TPSA) is 64.3 Å². The highest BCUT2D eigenvalue weighted by molar-refractivity contribution is 5.74. The summed E-state index contributed by atoms with van der Waals surface area (Å²) >= 11 is 0. The Kier molecular flexibility index (Phi) is 4.18. The van der Waals surface area contributed by atoms with Crippen LogP contribution < -0.4 is 0 Å². The van der Waals surface area contributed by atoms with Gasteiger partial charge in [-0.1, -0.05) is 19.1 Å². The summed E-state index contributed by atoms with van der Waals surface area (Å²) in [5, 5.41) is 18.3. The van der Waals surface area contributed by atoms with Crippen LogP contribution in [0.2, 0.25) is 0 Å². The van der Waals surface area contributed by atoms with E-state index < -0.39 is 12.0 Å². The lowest BCUT2D eigenvalue weighted by Gasteiger charge is -2.37. The van der Waals surface area contributed by atoms with Crippen molar-refractivity contribution in [2.75, 3.05) is 6.54 Å². The number of nitriles is 1. The zero-order valence-corrected chi connectivity index (χ0v) is 11.0. The molecule has 4 nitrogen and oxygen atoms in total. The Hall–Kier alpha value is -1.86. The lowest BCUT2D eigenvalue weighted by atomic mass is 9.90. The molecule has 0 saturated carbocycles. The first-order valence-electron chi connectivity index (χ1n) is 6.57. The maximum Gasteiger partial charge on any atom is 0.321 e. The van der Waals surface area contributed by atoms with Crippen molar-refractivity contribution < 1.29 is 9.90 Å². The molecular formula is C15H18N2O2. The van der Waals surface area contributed by atoms with Gasteiger partial charge in [-0.15, -0.1) is 0 Å². The Bertz CT molecular complexity index is 507. The maximum atomic E-state index is 11.4. The third-order valence-corrected chi connectivity index (χ3v) is 3.73. The average Bonchev–Trinajstić information content (AvgIpc) is 2.38. The molecule has 1 aliphatic rings. The van der Waals surface area contributed by atoms with Crippen LogP contribution in [0, 0.1) is 17.2 Å². The fourth-order valence-corrected chi connectivity index (χ4v) is 2.82. The molecule has 1 fully saturated rings. The summed E-state index contributed by atoms with van der Waals surface area (Å²) < 4.78 is 0. The molecule has 0 bridgehead atoms. The highest BCUT2D eigenvalue weighted by Gasteiger charge is 2.33. The Labute approximate surface area is 113 Å². The summed E-state index contributed by atoms with van der Waals surface area (Å²) in [5.41, 5.74) is 1.62. The van der Waals surface area contributed by atoms with E-state index in [0.717, 1.165) is 24.9 Å². The number of carbonyl (C=O) groups is 1. The molecule has 2 unspecified atom stereocenters. The molecule has 1 aliphatic heterocycles. The maximum absolute atomic E-state index is 11.4. The molecule has 0 aromatic heterocycles. The van der Waals surface area contributed by atoms with Gasteiger partial charge in [0.1, 0.15) is 6.04 Å². The number of rotatable bonds is 3. The van der Waals surface area contributed by atoms with Crippen LogP contribution in [0.25, 0.3) is 0 Å². The average molecular weight is 258 g/mol. The third-order valence-electron chi connectivity index (χ3n) is 3.73. The first-order valence-corrected chi connectivity index (χ1v) is 6.57. The molecule has 0 spiro atoms. The number of benzene rings is 1. The van der Waals surface area contributed by atoms with Gasteiger partial charge in [0.2, 0.25) is 0 Å². The van der Waals surface area contributed by atoms with Crippen molar-refractivity contribution >= 4 is 5.97 Å². The Morgan fingerprint density at radius 1 is 1.58 bits per heavy atom. The van der Waals surface area contributed by atoms with Gasteiger partial charge < -0.3 is 5.11 Å². The highest BCUT2D eigenvalue weighted by Crippen LogP contribution is 2.25. The third kappa shape index (κ3) is 3.12. The summed E-state index contributed by atoms with van der Waals surface area (Å²) in [4.78, 5) is 13.4. The summed E-state index contributed by atoms with van der Waals surface area (Å²) in [5.74, 6) is -0.575. The second-order valence-corrected chi connectivity index (χ2v) is 5.19. The number of hydrogen-bond donors (Lipinski definition) is 1. The van der Waals surface area contributed by atoms with E-state index >= 15 is 0 Å². The van der Waals surface area contributed by atoms with Gasteiger partial charge in [0.15, 0.2) is 0 Å². The van der Waals surface area contributed by atoms with Crippen molar-refractivity contribution in [1.29, 1.82) is 5.26 Å². The Morgan fingerprint density at radius 3 is 3.05 bits per heavy atom. The van der Waals surface area contributed by atoms with Gasteiger partial charge in [-0.05, 0) is 43.0 Å². The molecule has 2 atom stereocenters. The zero-order valence-electron chi connectivity index (χ0n) is 11.0. The van der Waals surface area contributed by atoms with Crippen molar-refractivity contribution in [2.24, 2.45) is 5.92 Å². The van der Waals surface area contributed by atoms with E-state index in [9.17, 15) is 9.90 Å². The SMILES string of the molecule is CC1CCCN(Cc2cccc(C#N)c2)C1C(=O)O. The lowest BCUT2D eigenvalue weighted by Crippen LogP contribution is -2.48. The van der Waals surface area contributed by atoms with Crippen molar-refractivity contribution in [3.63, 3.8) is 0 Å². The van der Waals surface area contributed by atoms with Crippen LogP contribution in [0.4, 0.5) is 0 Å². The van der Waals surface area contributed by atoms with Crippen LogP contribution in [-0.2, 0) is 11.3 Å². The molecule has 1 aromatic rings. The number of carboxylic acids is 1. The van der Waals surface area contributed by atoms with Crippen LogP contribution in [0.3, 0.4) is 0 Å². The molecule has 1 saturated heterocycles. The molecule has 100 valence electrons. The summed E-state index contributed by atoms with van der Waals surface area (Å²) in [7, 11) is 0. The van der Waals surface area contributed by atoms with Gasteiger partial charge in [-0.25, -0.2) is 0 Å². The quantitative estimate of drug-likeness (QED) is 0.903. The Morgan fingerprint density at radius 2 is 2.37 bits per heavy atom. The van der Waals surface area contributed by atoms with Crippen LogP contribution in [0.5, 0.6) is 0 Å².